The van der Waals surface area contributed by atoms with Gasteiger partial charge in [0.05, 0.1) is 12.2 Å². The van der Waals surface area contributed by atoms with E-state index in [1.54, 1.807) is 24.3 Å². The predicted octanol–water partition coefficient (Wildman–Crippen LogP) is 2.49. The molecule has 29 heavy (non-hydrogen) atoms. The number of hydrogen-bond donors (Lipinski definition) is 1. The van der Waals surface area contributed by atoms with Crippen molar-refractivity contribution in [3.05, 3.63) is 40.2 Å². The summed E-state index contributed by atoms with van der Waals surface area (Å²) in [4.78, 5) is 23.1. The monoisotopic (exact) mass is 416 g/mol. The number of nitrogens with zero attached hydrogens (tertiary/aromatic N) is 3. The van der Waals surface area contributed by atoms with E-state index in [2.05, 4.69) is 10.2 Å². The number of aryl methyl sites for hydroxylation is 1. The Balaban J connectivity index is 1.24. The zero-order valence-electron chi connectivity index (χ0n) is 16.5. The van der Waals surface area contributed by atoms with E-state index in [0.717, 1.165) is 30.3 Å². The minimum Gasteiger partial charge on any atom is -0.483 e. The van der Waals surface area contributed by atoms with Crippen molar-refractivity contribution < 1.29 is 13.9 Å². The van der Waals surface area contributed by atoms with Crippen LogP contribution in [0.3, 0.4) is 0 Å². The molecule has 1 aromatic heterocycles. The first-order valence-corrected chi connectivity index (χ1v) is 11.0. The standard InChI is InChI=1S/C21H25FN4O2S/c1-13-8-14(22)2-5-18(13)28-12-20(27)25-7-6-17-19(11-25)29-21(24-17)26-15-3-4-16(26)10-23-9-15/h2,5,8,15-16,23H,3-4,6-7,9-12H2,1H3. The summed E-state index contributed by atoms with van der Waals surface area (Å²) in [7, 11) is 0. The quantitative estimate of drug-likeness (QED) is 0.830. The third-order valence-corrected chi connectivity index (χ3v) is 7.26. The van der Waals surface area contributed by atoms with Gasteiger partial charge in [0.2, 0.25) is 0 Å². The molecule has 2 saturated heterocycles. The number of benzene rings is 1. The Bertz CT molecular complexity index is 917. The number of rotatable bonds is 4. The van der Waals surface area contributed by atoms with Crippen LogP contribution in [0, 0.1) is 12.7 Å². The molecule has 0 radical (unpaired) electrons. The molecule has 0 saturated carbocycles. The van der Waals surface area contributed by atoms with Crippen LogP contribution in [0.4, 0.5) is 9.52 Å². The summed E-state index contributed by atoms with van der Waals surface area (Å²) in [6.45, 7) is 5.07. The largest absolute Gasteiger partial charge is 0.483 e. The van der Waals surface area contributed by atoms with Crippen LogP contribution in [-0.2, 0) is 17.8 Å². The maximum Gasteiger partial charge on any atom is 0.260 e. The fraction of sp³-hybridized carbons (Fsp3) is 0.524. The van der Waals surface area contributed by atoms with Crippen molar-refractivity contribution in [2.75, 3.05) is 31.1 Å². The molecule has 2 atom stereocenters. The topological polar surface area (TPSA) is 57.7 Å². The Morgan fingerprint density at radius 2 is 2.14 bits per heavy atom. The third kappa shape index (κ3) is 3.59. The van der Waals surface area contributed by atoms with Crippen molar-refractivity contribution in [1.82, 2.24) is 15.2 Å². The number of fused-ring (bicyclic) bond motifs is 3. The molecule has 2 fully saturated rings. The van der Waals surface area contributed by atoms with Gasteiger partial charge in [-0.05, 0) is 43.5 Å². The predicted molar refractivity (Wildman–Crippen MR) is 110 cm³/mol. The molecule has 2 bridgehead atoms. The summed E-state index contributed by atoms with van der Waals surface area (Å²) in [5, 5.41) is 4.63. The minimum atomic E-state index is -0.302. The van der Waals surface area contributed by atoms with Crippen molar-refractivity contribution in [3.63, 3.8) is 0 Å². The maximum atomic E-state index is 13.2. The van der Waals surface area contributed by atoms with Gasteiger partial charge in [0.1, 0.15) is 11.6 Å². The van der Waals surface area contributed by atoms with E-state index in [4.69, 9.17) is 9.72 Å². The summed E-state index contributed by atoms with van der Waals surface area (Å²) in [5.74, 6) is 0.201. The first-order chi connectivity index (χ1) is 14.1. The van der Waals surface area contributed by atoms with E-state index >= 15 is 0 Å². The molecular formula is C21H25FN4O2S. The van der Waals surface area contributed by atoms with Gasteiger partial charge in [-0.2, -0.15) is 0 Å². The number of nitrogens with one attached hydrogen (secondary N) is 1. The molecule has 1 N–H and O–H groups in total. The van der Waals surface area contributed by atoms with Crippen molar-refractivity contribution >= 4 is 22.4 Å². The van der Waals surface area contributed by atoms with Crippen molar-refractivity contribution in [2.45, 2.75) is 44.8 Å². The van der Waals surface area contributed by atoms with Crippen LogP contribution >= 0.6 is 11.3 Å². The van der Waals surface area contributed by atoms with Crippen LogP contribution in [0.1, 0.15) is 29.0 Å². The van der Waals surface area contributed by atoms with Gasteiger partial charge in [-0.3, -0.25) is 4.79 Å². The highest BCUT2D eigenvalue weighted by Gasteiger charge is 2.39. The number of amides is 1. The van der Waals surface area contributed by atoms with Gasteiger partial charge in [0, 0.05) is 43.0 Å². The zero-order valence-corrected chi connectivity index (χ0v) is 17.3. The smallest absolute Gasteiger partial charge is 0.260 e. The first kappa shape index (κ1) is 18.8. The van der Waals surface area contributed by atoms with Gasteiger partial charge in [-0.1, -0.05) is 11.3 Å². The average Bonchev–Trinajstić information content (AvgIpc) is 3.23. The normalized spacial score (nSPS) is 23.2. The van der Waals surface area contributed by atoms with Crippen LogP contribution in [0.5, 0.6) is 5.75 Å². The molecule has 4 heterocycles. The van der Waals surface area contributed by atoms with E-state index in [-0.39, 0.29) is 18.3 Å². The maximum absolute atomic E-state index is 13.2. The van der Waals surface area contributed by atoms with Gasteiger partial charge in [-0.15, -0.1) is 0 Å². The number of halogens is 1. The van der Waals surface area contributed by atoms with Crippen LogP contribution < -0.4 is 15.0 Å². The van der Waals surface area contributed by atoms with Gasteiger partial charge in [0.25, 0.3) is 5.91 Å². The molecule has 1 aromatic carbocycles. The lowest BCUT2D eigenvalue weighted by molar-refractivity contribution is -0.134. The Kier molecular flexibility index (Phi) is 4.91. The summed E-state index contributed by atoms with van der Waals surface area (Å²) < 4.78 is 18.9. The fourth-order valence-electron chi connectivity index (χ4n) is 4.60. The van der Waals surface area contributed by atoms with E-state index in [1.165, 1.54) is 29.9 Å². The highest BCUT2D eigenvalue weighted by Crippen LogP contribution is 2.38. The number of piperazine rings is 1. The van der Waals surface area contributed by atoms with Gasteiger partial charge < -0.3 is 19.9 Å². The van der Waals surface area contributed by atoms with Gasteiger partial charge >= 0.3 is 0 Å². The molecule has 1 amide bonds. The summed E-state index contributed by atoms with van der Waals surface area (Å²) in [6.07, 6.45) is 3.24. The summed E-state index contributed by atoms with van der Waals surface area (Å²) >= 11 is 1.74. The van der Waals surface area contributed by atoms with Crippen LogP contribution in [-0.4, -0.2) is 54.1 Å². The Morgan fingerprint density at radius 3 is 2.90 bits per heavy atom. The molecule has 0 spiro atoms. The Labute approximate surface area is 173 Å². The summed E-state index contributed by atoms with van der Waals surface area (Å²) in [6, 6.07) is 5.43. The van der Waals surface area contributed by atoms with Crippen LogP contribution in [0.25, 0.3) is 0 Å². The molecule has 6 nitrogen and oxygen atoms in total. The number of anilines is 1. The lowest BCUT2D eigenvalue weighted by atomic mass is 10.2. The van der Waals surface area contributed by atoms with Crippen molar-refractivity contribution in [3.8, 4) is 5.75 Å². The molecule has 8 heteroatoms. The molecule has 2 unspecified atom stereocenters. The highest BCUT2D eigenvalue weighted by atomic mass is 32.1. The lowest BCUT2D eigenvalue weighted by Crippen LogP contribution is -2.51. The van der Waals surface area contributed by atoms with Crippen LogP contribution in [0.2, 0.25) is 0 Å². The second kappa shape index (κ2) is 7.57. The molecular weight excluding hydrogens is 391 g/mol. The number of carbonyl (C=O) groups is 1. The SMILES string of the molecule is Cc1cc(F)ccc1OCC(=O)N1CCc2nc(N3C4CCC3CNC4)sc2C1. The average molecular weight is 417 g/mol. The number of hydrogen-bond acceptors (Lipinski definition) is 6. The fourth-order valence-corrected chi connectivity index (χ4v) is 5.87. The lowest BCUT2D eigenvalue weighted by Gasteiger charge is -2.35. The molecule has 154 valence electrons. The van der Waals surface area contributed by atoms with E-state index in [0.29, 0.717) is 36.5 Å². The highest BCUT2D eigenvalue weighted by molar-refractivity contribution is 7.15. The Hall–Kier alpha value is -2.19. The number of thiazole rings is 1. The van der Waals surface area contributed by atoms with E-state index in [9.17, 15) is 9.18 Å². The Morgan fingerprint density at radius 1 is 1.34 bits per heavy atom. The van der Waals surface area contributed by atoms with Gasteiger partial charge in [-0.25, -0.2) is 9.37 Å². The second-order valence-electron chi connectivity index (χ2n) is 8.08. The van der Waals surface area contributed by atoms with Crippen molar-refractivity contribution in [2.24, 2.45) is 0 Å². The number of ether oxygens (including phenoxy) is 1. The number of carbonyl (C=O) groups excluding carboxylic acids is 1. The molecule has 3 aliphatic heterocycles. The zero-order chi connectivity index (χ0) is 20.0. The summed E-state index contributed by atoms with van der Waals surface area (Å²) in [5.41, 5.74) is 1.83. The molecule has 5 rings (SSSR count). The van der Waals surface area contributed by atoms with Crippen molar-refractivity contribution in [1.29, 1.82) is 0 Å². The molecule has 2 aromatic rings. The second-order valence-corrected chi connectivity index (χ2v) is 9.14. The first-order valence-electron chi connectivity index (χ1n) is 10.2. The minimum absolute atomic E-state index is 0.0323. The third-order valence-electron chi connectivity index (χ3n) is 6.16. The molecule has 0 aliphatic carbocycles. The van der Waals surface area contributed by atoms with Crippen LogP contribution in [0.15, 0.2) is 18.2 Å². The van der Waals surface area contributed by atoms with E-state index < -0.39 is 0 Å². The molecule has 3 aliphatic rings. The number of aromatic nitrogens is 1. The van der Waals surface area contributed by atoms with E-state index in [1.807, 2.05) is 4.90 Å². The van der Waals surface area contributed by atoms with Gasteiger partial charge in [0.15, 0.2) is 11.7 Å².